The highest BCUT2D eigenvalue weighted by Crippen LogP contribution is 2.29. The number of nitrogens with zero attached hydrogens (tertiary/aromatic N) is 4. The predicted octanol–water partition coefficient (Wildman–Crippen LogP) is 2.32. The Kier molecular flexibility index (Phi) is 5.06. The topological polar surface area (TPSA) is 79.1 Å². The molecule has 1 saturated carbocycles. The van der Waals surface area contributed by atoms with Crippen molar-refractivity contribution in [2.24, 2.45) is 11.8 Å². The number of carbonyl (C=O) groups excluding carboxylic acids is 1. The van der Waals surface area contributed by atoms with Gasteiger partial charge in [0.05, 0.1) is 24.1 Å². The van der Waals surface area contributed by atoms with Crippen molar-refractivity contribution >= 4 is 11.8 Å². The normalized spacial score (nSPS) is 25.6. The lowest BCUT2D eigenvalue weighted by molar-refractivity contribution is -0.158. The van der Waals surface area contributed by atoms with Crippen LogP contribution in [-0.2, 0) is 9.53 Å². The van der Waals surface area contributed by atoms with Crippen LogP contribution in [0, 0.1) is 23.2 Å². The molecular formula is C17H22N4O2. The van der Waals surface area contributed by atoms with Crippen LogP contribution in [0.4, 0.5) is 5.82 Å². The Labute approximate surface area is 136 Å². The van der Waals surface area contributed by atoms with E-state index in [1.54, 1.807) is 18.6 Å². The van der Waals surface area contributed by atoms with E-state index in [0.717, 1.165) is 57.4 Å². The summed E-state index contributed by atoms with van der Waals surface area (Å²) in [6.07, 6.45) is 10.2. The maximum absolute atomic E-state index is 12.4. The zero-order valence-corrected chi connectivity index (χ0v) is 13.2. The van der Waals surface area contributed by atoms with E-state index in [9.17, 15) is 10.1 Å². The Morgan fingerprint density at radius 2 is 2.00 bits per heavy atom. The molecule has 2 aliphatic rings. The van der Waals surface area contributed by atoms with Crippen LogP contribution in [0.2, 0.25) is 0 Å². The smallest absolute Gasteiger partial charge is 0.309 e. The Bertz CT molecular complexity index is 564. The monoisotopic (exact) mass is 314 g/mol. The minimum atomic E-state index is -0.209. The van der Waals surface area contributed by atoms with E-state index in [1.807, 2.05) is 0 Å². The average Bonchev–Trinajstić information content (AvgIpc) is 2.63. The molecule has 23 heavy (non-hydrogen) atoms. The lowest BCUT2D eigenvalue weighted by Crippen LogP contribution is -2.39. The lowest BCUT2D eigenvalue weighted by Gasteiger charge is -2.33. The Morgan fingerprint density at radius 1 is 1.22 bits per heavy atom. The van der Waals surface area contributed by atoms with Gasteiger partial charge in [-0.2, -0.15) is 5.26 Å². The van der Waals surface area contributed by atoms with E-state index < -0.39 is 0 Å². The molecule has 122 valence electrons. The van der Waals surface area contributed by atoms with Gasteiger partial charge >= 0.3 is 5.97 Å². The zero-order chi connectivity index (χ0) is 16.1. The fourth-order valence-corrected chi connectivity index (χ4v) is 3.43. The number of carbonyl (C=O) groups is 1. The molecule has 1 saturated heterocycles. The Hall–Kier alpha value is -2.16. The maximum atomic E-state index is 12.4. The number of nitriles is 1. The van der Waals surface area contributed by atoms with Crippen LogP contribution in [0.3, 0.4) is 0 Å². The van der Waals surface area contributed by atoms with E-state index in [-0.39, 0.29) is 23.9 Å². The molecule has 0 N–H and O–H groups in total. The number of hydrogen-bond acceptors (Lipinski definition) is 6. The van der Waals surface area contributed by atoms with E-state index in [4.69, 9.17) is 4.74 Å². The number of ether oxygens (including phenoxy) is 1. The van der Waals surface area contributed by atoms with Crippen molar-refractivity contribution < 1.29 is 9.53 Å². The molecule has 0 aromatic carbocycles. The SMILES string of the molecule is N#CC1CCCCC1OC(=O)C1CCN(c2cnccn2)CC1. The third-order valence-corrected chi connectivity index (χ3v) is 4.84. The van der Waals surface area contributed by atoms with Crippen molar-refractivity contribution in [3.63, 3.8) is 0 Å². The molecule has 2 atom stereocenters. The van der Waals surface area contributed by atoms with Crippen LogP contribution < -0.4 is 4.90 Å². The van der Waals surface area contributed by atoms with Crippen molar-refractivity contribution in [1.82, 2.24) is 9.97 Å². The molecular weight excluding hydrogens is 292 g/mol. The largest absolute Gasteiger partial charge is 0.461 e. The van der Waals surface area contributed by atoms with Gasteiger partial charge in [-0.15, -0.1) is 0 Å². The molecule has 1 aromatic heterocycles. The van der Waals surface area contributed by atoms with E-state index >= 15 is 0 Å². The van der Waals surface area contributed by atoms with Crippen LogP contribution in [0.5, 0.6) is 0 Å². The van der Waals surface area contributed by atoms with Gasteiger partial charge in [0.15, 0.2) is 0 Å². The fourth-order valence-electron chi connectivity index (χ4n) is 3.43. The summed E-state index contributed by atoms with van der Waals surface area (Å²) in [7, 11) is 0. The van der Waals surface area contributed by atoms with E-state index in [2.05, 4.69) is 20.9 Å². The number of piperidine rings is 1. The molecule has 3 rings (SSSR count). The highest BCUT2D eigenvalue weighted by atomic mass is 16.5. The highest BCUT2D eigenvalue weighted by Gasteiger charge is 2.32. The van der Waals surface area contributed by atoms with Gasteiger partial charge in [0.2, 0.25) is 0 Å². The lowest BCUT2D eigenvalue weighted by atomic mass is 9.87. The van der Waals surface area contributed by atoms with Crippen molar-refractivity contribution in [3.05, 3.63) is 18.6 Å². The highest BCUT2D eigenvalue weighted by molar-refractivity contribution is 5.73. The molecule has 1 aliphatic carbocycles. The summed E-state index contributed by atoms with van der Waals surface area (Å²) < 4.78 is 5.67. The number of rotatable bonds is 3. The first-order valence-corrected chi connectivity index (χ1v) is 8.39. The molecule has 6 heteroatoms. The first kappa shape index (κ1) is 15.7. The second-order valence-electron chi connectivity index (χ2n) is 6.32. The number of aromatic nitrogens is 2. The molecule has 2 unspecified atom stereocenters. The average molecular weight is 314 g/mol. The Morgan fingerprint density at radius 3 is 2.70 bits per heavy atom. The molecule has 1 aliphatic heterocycles. The summed E-state index contributed by atoms with van der Waals surface area (Å²) in [5.74, 6) is 0.531. The number of esters is 1. The summed E-state index contributed by atoms with van der Waals surface area (Å²) in [6, 6.07) is 2.29. The minimum absolute atomic E-state index is 0.0656. The molecule has 2 heterocycles. The van der Waals surface area contributed by atoms with Crippen LogP contribution >= 0.6 is 0 Å². The standard InChI is InChI=1S/C17H22N4O2/c18-11-14-3-1-2-4-15(14)23-17(22)13-5-9-21(10-6-13)16-12-19-7-8-20-16/h7-8,12-15H,1-6,9-10H2. The molecule has 0 bridgehead atoms. The number of hydrogen-bond donors (Lipinski definition) is 0. The van der Waals surface area contributed by atoms with Gasteiger partial charge in [-0.3, -0.25) is 9.78 Å². The quantitative estimate of drug-likeness (QED) is 0.797. The molecule has 6 nitrogen and oxygen atoms in total. The van der Waals surface area contributed by atoms with Crippen LogP contribution in [0.1, 0.15) is 38.5 Å². The molecule has 0 amide bonds. The van der Waals surface area contributed by atoms with Gasteiger partial charge in [0, 0.05) is 25.5 Å². The minimum Gasteiger partial charge on any atom is -0.461 e. The van der Waals surface area contributed by atoms with Crippen molar-refractivity contribution in [3.8, 4) is 6.07 Å². The predicted molar refractivity (Wildman–Crippen MR) is 84.4 cm³/mol. The summed E-state index contributed by atoms with van der Waals surface area (Å²) >= 11 is 0. The van der Waals surface area contributed by atoms with Gasteiger partial charge in [-0.05, 0) is 32.1 Å². The van der Waals surface area contributed by atoms with Crippen LogP contribution in [0.25, 0.3) is 0 Å². The van der Waals surface area contributed by atoms with Gasteiger partial charge in [-0.25, -0.2) is 4.98 Å². The summed E-state index contributed by atoms with van der Waals surface area (Å²) in [4.78, 5) is 22.9. The van der Waals surface area contributed by atoms with Crippen LogP contribution in [0.15, 0.2) is 18.6 Å². The van der Waals surface area contributed by atoms with Crippen molar-refractivity contribution in [2.45, 2.75) is 44.6 Å². The van der Waals surface area contributed by atoms with Gasteiger partial charge < -0.3 is 9.64 Å². The first-order chi connectivity index (χ1) is 11.3. The first-order valence-electron chi connectivity index (χ1n) is 8.39. The van der Waals surface area contributed by atoms with E-state index in [1.165, 1.54) is 0 Å². The van der Waals surface area contributed by atoms with E-state index in [0.29, 0.717) is 0 Å². The second-order valence-corrected chi connectivity index (χ2v) is 6.32. The van der Waals surface area contributed by atoms with Crippen molar-refractivity contribution in [1.29, 1.82) is 5.26 Å². The summed E-state index contributed by atoms with van der Waals surface area (Å²) in [5, 5.41) is 9.18. The number of anilines is 1. The third kappa shape index (κ3) is 3.79. The maximum Gasteiger partial charge on any atom is 0.309 e. The molecule has 1 aromatic rings. The van der Waals surface area contributed by atoms with Crippen molar-refractivity contribution in [2.75, 3.05) is 18.0 Å². The van der Waals surface area contributed by atoms with Gasteiger partial charge in [-0.1, -0.05) is 6.42 Å². The second kappa shape index (κ2) is 7.40. The molecule has 2 fully saturated rings. The molecule has 0 spiro atoms. The van der Waals surface area contributed by atoms with Gasteiger partial charge in [0.25, 0.3) is 0 Å². The summed E-state index contributed by atoms with van der Waals surface area (Å²) in [6.45, 7) is 1.57. The van der Waals surface area contributed by atoms with Gasteiger partial charge in [0.1, 0.15) is 11.9 Å². The molecule has 0 radical (unpaired) electrons. The fraction of sp³-hybridized carbons (Fsp3) is 0.647. The Balaban J connectivity index is 1.51. The zero-order valence-electron chi connectivity index (χ0n) is 13.2. The third-order valence-electron chi connectivity index (χ3n) is 4.84. The van der Waals surface area contributed by atoms with Crippen LogP contribution in [-0.4, -0.2) is 35.1 Å². The summed E-state index contributed by atoms with van der Waals surface area (Å²) in [5.41, 5.74) is 0.